The topological polar surface area (TPSA) is 95.9 Å². The van der Waals surface area contributed by atoms with Crippen molar-refractivity contribution in [2.24, 2.45) is 0 Å². The second-order valence-corrected chi connectivity index (χ2v) is 6.42. The van der Waals surface area contributed by atoms with Crippen LogP contribution in [0.25, 0.3) is 11.2 Å². The summed E-state index contributed by atoms with van der Waals surface area (Å²) in [6.07, 6.45) is 4.53. The third-order valence-corrected chi connectivity index (χ3v) is 4.73. The van der Waals surface area contributed by atoms with Crippen molar-refractivity contribution in [3.05, 3.63) is 58.9 Å². The molecular formula is C18H20N6O2. The first-order valence-corrected chi connectivity index (χ1v) is 8.69. The summed E-state index contributed by atoms with van der Waals surface area (Å²) in [5.41, 5.74) is 2.18. The van der Waals surface area contributed by atoms with Crippen LogP contribution in [0.3, 0.4) is 0 Å². The Hall–Kier alpha value is -3.16. The Labute approximate surface area is 149 Å². The molecule has 3 aromatic rings. The van der Waals surface area contributed by atoms with Crippen LogP contribution >= 0.6 is 0 Å². The molecule has 4 rings (SSSR count). The van der Waals surface area contributed by atoms with Crippen LogP contribution in [0.15, 0.2) is 47.7 Å². The summed E-state index contributed by atoms with van der Waals surface area (Å²) >= 11 is 0. The van der Waals surface area contributed by atoms with Gasteiger partial charge in [0.05, 0.1) is 12.2 Å². The molecule has 0 aliphatic carbocycles. The molecule has 8 nitrogen and oxygen atoms in total. The van der Waals surface area contributed by atoms with E-state index in [1.54, 1.807) is 15.7 Å². The highest BCUT2D eigenvalue weighted by atomic mass is 16.2. The molecule has 2 amide bonds. The number of fused-ring (bicyclic) bond motifs is 1. The van der Waals surface area contributed by atoms with Crippen molar-refractivity contribution in [2.75, 3.05) is 19.6 Å². The fourth-order valence-corrected chi connectivity index (χ4v) is 3.42. The van der Waals surface area contributed by atoms with Crippen LogP contribution < -0.4 is 11.0 Å². The van der Waals surface area contributed by atoms with Crippen molar-refractivity contribution in [3.63, 3.8) is 0 Å². The van der Waals surface area contributed by atoms with E-state index in [1.165, 1.54) is 11.9 Å². The van der Waals surface area contributed by atoms with E-state index in [9.17, 15) is 9.59 Å². The number of imidazole rings is 1. The van der Waals surface area contributed by atoms with Crippen LogP contribution in [0.1, 0.15) is 18.0 Å². The summed E-state index contributed by atoms with van der Waals surface area (Å²) in [6, 6.07) is 9.88. The zero-order chi connectivity index (χ0) is 17.9. The number of aromatic amines is 1. The molecule has 2 aromatic heterocycles. The lowest BCUT2D eigenvalue weighted by molar-refractivity contribution is 0.207. The first-order valence-electron chi connectivity index (χ1n) is 8.69. The molecule has 1 aliphatic heterocycles. The summed E-state index contributed by atoms with van der Waals surface area (Å²) in [4.78, 5) is 37.3. The number of aromatic nitrogens is 4. The van der Waals surface area contributed by atoms with Crippen LogP contribution in [0, 0.1) is 0 Å². The summed E-state index contributed by atoms with van der Waals surface area (Å²) in [6.45, 7) is 1.70. The number of likely N-dealkylation sites (tertiary alicyclic amines) is 1. The minimum atomic E-state index is -0.211. The van der Waals surface area contributed by atoms with E-state index in [2.05, 4.69) is 20.3 Å². The fourth-order valence-electron chi connectivity index (χ4n) is 3.42. The fraction of sp³-hybridized carbons (Fsp3) is 0.333. The minimum Gasteiger partial charge on any atom is -0.338 e. The van der Waals surface area contributed by atoms with E-state index >= 15 is 0 Å². The predicted molar refractivity (Wildman–Crippen MR) is 96.9 cm³/mol. The maximum absolute atomic E-state index is 12.4. The van der Waals surface area contributed by atoms with Gasteiger partial charge in [-0.2, -0.15) is 0 Å². The Bertz CT molecular complexity index is 964. The Balaban J connectivity index is 1.38. The molecule has 1 unspecified atom stereocenters. The average Bonchev–Trinajstić information content (AvgIpc) is 3.26. The Morgan fingerprint density at radius 3 is 3.00 bits per heavy atom. The lowest BCUT2D eigenvalue weighted by atomic mass is 10.1. The molecule has 0 bridgehead atoms. The average molecular weight is 352 g/mol. The third kappa shape index (κ3) is 3.17. The number of nitrogens with one attached hydrogen (secondary N) is 2. The van der Waals surface area contributed by atoms with E-state index < -0.39 is 0 Å². The zero-order valence-electron chi connectivity index (χ0n) is 14.3. The standard InChI is InChI=1S/C18H20N6O2/c25-17(20-8-6-13-4-2-1-3-5-13)23-9-7-14(11-23)24-16-15(22-18(24)26)10-19-12-21-16/h1-5,10,12,14H,6-9,11H2,(H,20,25)(H,22,26). The Morgan fingerprint density at radius 1 is 1.31 bits per heavy atom. The van der Waals surface area contributed by atoms with E-state index in [0.717, 1.165) is 12.8 Å². The largest absolute Gasteiger partial charge is 0.338 e. The van der Waals surface area contributed by atoms with Crippen LogP contribution in [-0.2, 0) is 6.42 Å². The maximum Gasteiger partial charge on any atom is 0.328 e. The number of urea groups is 1. The molecule has 1 fully saturated rings. The molecule has 0 spiro atoms. The van der Waals surface area contributed by atoms with Gasteiger partial charge in [0, 0.05) is 19.6 Å². The Kier molecular flexibility index (Phi) is 4.39. The predicted octanol–water partition coefficient (Wildman–Crippen LogP) is 1.32. The van der Waals surface area contributed by atoms with Gasteiger partial charge in [-0.15, -0.1) is 0 Å². The quantitative estimate of drug-likeness (QED) is 0.740. The third-order valence-electron chi connectivity index (χ3n) is 4.73. The van der Waals surface area contributed by atoms with Crippen LogP contribution in [0.2, 0.25) is 0 Å². The lowest BCUT2D eigenvalue weighted by Crippen LogP contribution is -2.39. The number of rotatable bonds is 4. The smallest absolute Gasteiger partial charge is 0.328 e. The summed E-state index contributed by atoms with van der Waals surface area (Å²) in [5, 5.41) is 2.96. The highest BCUT2D eigenvalue weighted by molar-refractivity contribution is 5.74. The van der Waals surface area contributed by atoms with Crippen LogP contribution in [-0.4, -0.2) is 50.1 Å². The van der Waals surface area contributed by atoms with Gasteiger partial charge in [0.25, 0.3) is 0 Å². The highest BCUT2D eigenvalue weighted by Gasteiger charge is 2.29. The van der Waals surface area contributed by atoms with Gasteiger partial charge in [0.2, 0.25) is 0 Å². The van der Waals surface area contributed by atoms with Gasteiger partial charge in [-0.1, -0.05) is 30.3 Å². The van der Waals surface area contributed by atoms with Crippen molar-refractivity contribution >= 4 is 17.2 Å². The van der Waals surface area contributed by atoms with E-state index in [1.807, 2.05) is 30.3 Å². The van der Waals surface area contributed by atoms with Gasteiger partial charge in [0.1, 0.15) is 11.8 Å². The van der Waals surface area contributed by atoms with E-state index in [4.69, 9.17) is 0 Å². The van der Waals surface area contributed by atoms with Crippen molar-refractivity contribution < 1.29 is 4.79 Å². The molecule has 1 aromatic carbocycles. The number of hydrogen-bond acceptors (Lipinski definition) is 4. The summed E-state index contributed by atoms with van der Waals surface area (Å²) < 4.78 is 1.63. The first-order chi connectivity index (χ1) is 12.7. The number of carbonyl (C=O) groups is 1. The number of nitrogens with zero attached hydrogens (tertiary/aromatic N) is 4. The second-order valence-electron chi connectivity index (χ2n) is 6.42. The number of benzene rings is 1. The molecule has 1 atom stereocenters. The van der Waals surface area contributed by atoms with Gasteiger partial charge in [-0.05, 0) is 18.4 Å². The van der Waals surface area contributed by atoms with E-state index in [-0.39, 0.29) is 17.8 Å². The number of amides is 2. The van der Waals surface area contributed by atoms with Crippen LogP contribution in [0.4, 0.5) is 4.79 Å². The molecule has 8 heteroatoms. The van der Waals surface area contributed by atoms with Gasteiger partial charge >= 0.3 is 11.7 Å². The molecule has 2 N–H and O–H groups in total. The zero-order valence-corrected chi connectivity index (χ0v) is 14.3. The molecule has 3 heterocycles. The van der Waals surface area contributed by atoms with E-state index in [0.29, 0.717) is 30.8 Å². The lowest BCUT2D eigenvalue weighted by Gasteiger charge is -2.17. The van der Waals surface area contributed by atoms with Crippen LogP contribution in [0.5, 0.6) is 0 Å². The molecule has 1 aliphatic rings. The molecule has 1 saturated heterocycles. The summed E-state index contributed by atoms with van der Waals surface area (Å²) in [7, 11) is 0. The van der Waals surface area contributed by atoms with Crippen molar-refractivity contribution in [1.82, 2.24) is 29.7 Å². The van der Waals surface area contributed by atoms with Crippen molar-refractivity contribution in [1.29, 1.82) is 0 Å². The summed E-state index contributed by atoms with van der Waals surface area (Å²) in [5.74, 6) is 0. The van der Waals surface area contributed by atoms with Crippen molar-refractivity contribution in [2.45, 2.75) is 18.9 Å². The number of hydrogen-bond donors (Lipinski definition) is 2. The SMILES string of the molecule is O=C(NCCc1ccccc1)N1CCC(n2c(=O)[nH]c3cncnc32)C1. The Morgan fingerprint density at radius 2 is 2.15 bits per heavy atom. The molecule has 0 saturated carbocycles. The maximum atomic E-state index is 12.4. The molecule has 134 valence electrons. The van der Waals surface area contributed by atoms with Gasteiger partial charge in [0.15, 0.2) is 5.65 Å². The van der Waals surface area contributed by atoms with Gasteiger partial charge < -0.3 is 15.2 Å². The van der Waals surface area contributed by atoms with Gasteiger partial charge in [-0.25, -0.2) is 19.6 Å². The monoisotopic (exact) mass is 352 g/mol. The number of carbonyl (C=O) groups excluding carboxylic acids is 1. The van der Waals surface area contributed by atoms with Gasteiger partial charge in [-0.3, -0.25) is 4.57 Å². The molecule has 26 heavy (non-hydrogen) atoms. The minimum absolute atomic E-state index is 0.0778. The first kappa shape index (κ1) is 16.3. The normalized spacial score (nSPS) is 16.9. The van der Waals surface area contributed by atoms with Crippen molar-refractivity contribution in [3.8, 4) is 0 Å². The second kappa shape index (κ2) is 6.99. The highest BCUT2D eigenvalue weighted by Crippen LogP contribution is 2.22. The molecular weight excluding hydrogens is 332 g/mol. The molecule has 0 radical (unpaired) electrons. The number of H-pyrrole nitrogens is 1.